The van der Waals surface area contributed by atoms with E-state index >= 15 is 0 Å². The lowest BCUT2D eigenvalue weighted by Gasteiger charge is -2.18. The van der Waals surface area contributed by atoms with E-state index in [1.165, 1.54) is 0 Å². The zero-order valence-corrected chi connectivity index (χ0v) is 14.1. The summed E-state index contributed by atoms with van der Waals surface area (Å²) in [6.07, 6.45) is 0. The molecule has 0 saturated heterocycles. The first-order chi connectivity index (χ1) is 12.3. The third-order valence-electron chi connectivity index (χ3n) is 4.68. The van der Waals surface area contributed by atoms with E-state index in [9.17, 15) is 4.79 Å². The molecule has 124 valence electrons. The predicted octanol–water partition coefficient (Wildman–Crippen LogP) is 4.37. The van der Waals surface area contributed by atoms with Crippen molar-refractivity contribution in [3.05, 3.63) is 95.6 Å². The maximum atomic E-state index is 13.2. The smallest absolute Gasteiger partial charge is 0.239 e. The van der Waals surface area contributed by atoms with Crippen LogP contribution in [0.2, 0.25) is 0 Å². The van der Waals surface area contributed by atoms with Gasteiger partial charge in [0.05, 0.1) is 19.6 Å². The van der Waals surface area contributed by atoms with E-state index in [-0.39, 0.29) is 11.8 Å². The molecule has 0 aliphatic carbocycles. The zero-order chi connectivity index (χ0) is 17.2. The van der Waals surface area contributed by atoms with Crippen molar-refractivity contribution in [2.75, 3.05) is 12.0 Å². The first-order valence-electron chi connectivity index (χ1n) is 8.36. The molecule has 3 aromatic carbocycles. The lowest BCUT2D eigenvalue weighted by molar-refractivity contribution is -0.118. The maximum Gasteiger partial charge on any atom is 0.239 e. The minimum absolute atomic E-state index is 0.121. The fraction of sp³-hybridized carbons (Fsp3) is 0.136. The van der Waals surface area contributed by atoms with Crippen LogP contribution >= 0.6 is 0 Å². The first kappa shape index (κ1) is 15.5. The van der Waals surface area contributed by atoms with Crippen LogP contribution in [0.1, 0.15) is 22.6 Å². The first-order valence-corrected chi connectivity index (χ1v) is 8.36. The van der Waals surface area contributed by atoms with Crippen molar-refractivity contribution >= 4 is 11.6 Å². The molecule has 0 spiro atoms. The summed E-state index contributed by atoms with van der Waals surface area (Å²) in [6.45, 7) is 0.587. The number of para-hydroxylation sites is 1. The molecule has 0 bridgehead atoms. The molecule has 3 nitrogen and oxygen atoms in total. The van der Waals surface area contributed by atoms with E-state index in [1.54, 1.807) is 7.11 Å². The highest BCUT2D eigenvalue weighted by Gasteiger charge is 2.37. The highest BCUT2D eigenvalue weighted by atomic mass is 16.5. The van der Waals surface area contributed by atoms with Gasteiger partial charge in [0.15, 0.2) is 0 Å². The van der Waals surface area contributed by atoms with Crippen LogP contribution in [0, 0.1) is 0 Å². The molecule has 3 aromatic rings. The summed E-state index contributed by atoms with van der Waals surface area (Å²) in [7, 11) is 1.65. The van der Waals surface area contributed by atoms with Gasteiger partial charge in [-0.2, -0.15) is 0 Å². The summed E-state index contributed by atoms with van der Waals surface area (Å²) < 4.78 is 5.23. The Balaban J connectivity index is 1.72. The normalized spacial score (nSPS) is 16.0. The van der Waals surface area contributed by atoms with Crippen LogP contribution in [-0.2, 0) is 11.3 Å². The van der Waals surface area contributed by atoms with Crippen LogP contribution in [0.25, 0.3) is 0 Å². The zero-order valence-electron chi connectivity index (χ0n) is 14.1. The number of ether oxygens (including phenoxy) is 1. The van der Waals surface area contributed by atoms with Crippen molar-refractivity contribution in [3.63, 3.8) is 0 Å². The number of fused-ring (bicyclic) bond motifs is 1. The summed E-state index contributed by atoms with van der Waals surface area (Å²) in [5.41, 5.74) is 4.18. The summed E-state index contributed by atoms with van der Waals surface area (Å²) >= 11 is 0. The summed E-state index contributed by atoms with van der Waals surface area (Å²) in [4.78, 5) is 15.1. The number of carbonyl (C=O) groups is 1. The van der Waals surface area contributed by atoms with Gasteiger partial charge in [0.25, 0.3) is 0 Å². The number of nitrogens with zero attached hydrogens (tertiary/aromatic N) is 1. The molecular formula is C22H19NO2. The highest BCUT2D eigenvalue weighted by Crippen LogP contribution is 2.42. The molecule has 1 amide bonds. The van der Waals surface area contributed by atoms with E-state index in [4.69, 9.17) is 4.74 Å². The molecule has 0 saturated carbocycles. The second-order valence-corrected chi connectivity index (χ2v) is 6.17. The molecule has 1 unspecified atom stereocenters. The van der Waals surface area contributed by atoms with Crippen molar-refractivity contribution in [1.29, 1.82) is 0 Å². The predicted molar refractivity (Wildman–Crippen MR) is 98.9 cm³/mol. The van der Waals surface area contributed by atoms with Gasteiger partial charge in [-0.1, -0.05) is 60.7 Å². The Kier molecular flexibility index (Phi) is 3.98. The van der Waals surface area contributed by atoms with Gasteiger partial charge in [-0.15, -0.1) is 0 Å². The monoisotopic (exact) mass is 329 g/mol. The Bertz CT molecular complexity index is 887. The third-order valence-corrected chi connectivity index (χ3v) is 4.68. The molecule has 3 heteroatoms. The second kappa shape index (κ2) is 6.44. The van der Waals surface area contributed by atoms with Gasteiger partial charge in [0, 0.05) is 5.69 Å². The molecule has 1 aliphatic rings. The Morgan fingerprint density at radius 2 is 1.56 bits per heavy atom. The van der Waals surface area contributed by atoms with Crippen LogP contribution in [-0.4, -0.2) is 13.0 Å². The van der Waals surface area contributed by atoms with E-state index < -0.39 is 0 Å². The van der Waals surface area contributed by atoms with Gasteiger partial charge in [0.1, 0.15) is 5.75 Å². The molecule has 1 aliphatic heterocycles. The highest BCUT2D eigenvalue weighted by molar-refractivity contribution is 6.06. The average Bonchev–Trinajstić information content (AvgIpc) is 2.95. The summed E-state index contributed by atoms with van der Waals surface area (Å²) in [6, 6.07) is 25.9. The minimum atomic E-state index is -0.259. The second-order valence-electron chi connectivity index (χ2n) is 6.17. The molecule has 0 aromatic heterocycles. The Labute approximate surface area is 147 Å². The fourth-order valence-electron chi connectivity index (χ4n) is 3.43. The van der Waals surface area contributed by atoms with Crippen molar-refractivity contribution < 1.29 is 9.53 Å². The molecule has 0 N–H and O–H groups in total. The third kappa shape index (κ3) is 2.78. The van der Waals surface area contributed by atoms with Crippen LogP contribution in [0.15, 0.2) is 78.9 Å². The average molecular weight is 329 g/mol. The van der Waals surface area contributed by atoms with Gasteiger partial charge in [-0.3, -0.25) is 4.79 Å². The standard InChI is InChI=1S/C22H19NO2/c1-25-18-13-11-17(12-14-18)21-19-9-5-6-10-20(19)23(22(21)24)15-16-7-3-2-4-8-16/h2-14,21H,15H2,1H3. The molecule has 0 radical (unpaired) electrons. The van der Waals surface area contributed by atoms with Crippen molar-refractivity contribution in [3.8, 4) is 5.75 Å². The Morgan fingerprint density at radius 1 is 0.880 bits per heavy atom. The van der Waals surface area contributed by atoms with Crippen molar-refractivity contribution in [2.24, 2.45) is 0 Å². The maximum absolute atomic E-state index is 13.2. The summed E-state index contributed by atoms with van der Waals surface area (Å²) in [5.74, 6) is 0.657. The number of anilines is 1. The number of amides is 1. The van der Waals surface area contributed by atoms with E-state index in [0.29, 0.717) is 6.54 Å². The number of hydrogen-bond acceptors (Lipinski definition) is 2. The molecule has 0 fully saturated rings. The van der Waals surface area contributed by atoms with Crippen LogP contribution in [0.3, 0.4) is 0 Å². The fourth-order valence-corrected chi connectivity index (χ4v) is 3.43. The molecule has 1 heterocycles. The van der Waals surface area contributed by atoms with Gasteiger partial charge >= 0.3 is 0 Å². The lowest BCUT2D eigenvalue weighted by atomic mass is 9.92. The van der Waals surface area contributed by atoms with Gasteiger partial charge in [-0.25, -0.2) is 0 Å². The van der Waals surface area contributed by atoms with Crippen molar-refractivity contribution in [1.82, 2.24) is 0 Å². The lowest BCUT2D eigenvalue weighted by Crippen LogP contribution is -2.28. The topological polar surface area (TPSA) is 29.5 Å². The minimum Gasteiger partial charge on any atom is -0.497 e. The number of hydrogen-bond donors (Lipinski definition) is 0. The number of rotatable bonds is 4. The molecule has 25 heavy (non-hydrogen) atoms. The quantitative estimate of drug-likeness (QED) is 0.711. The van der Waals surface area contributed by atoms with Crippen molar-refractivity contribution in [2.45, 2.75) is 12.5 Å². The Morgan fingerprint density at radius 3 is 2.28 bits per heavy atom. The van der Waals surface area contributed by atoms with Gasteiger partial charge in [-0.05, 0) is 34.9 Å². The van der Waals surface area contributed by atoms with Crippen LogP contribution in [0.4, 0.5) is 5.69 Å². The van der Waals surface area contributed by atoms with Crippen LogP contribution < -0.4 is 9.64 Å². The number of methoxy groups -OCH3 is 1. The largest absolute Gasteiger partial charge is 0.497 e. The SMILES string of the molecule is COc1ccc(C2C(=O)N(Cc3ccccc3)c3ccccc32)cc1. The number of carbonyl (C=O) groups excluding carboxylic acids is 1. The van der Waals surface area contributed by atoms with Gasteiger partial charge < -0.3 is 9.64 Å². The van der Waals surface area contributed by atoms with Gasteiger partial charge in [0.2, 0.25) is 5.91 Å². The van der Waals surface area contributed by atoms with E-state index in [1.807, 2.05) is 71.6 Å². The molecule has 4 rings (SSSR count). The number of benzene rings is 3. The van der Waals surface area contributed by atoms with Crippen LogP contribution in [0.5, 0.6) is 5.75 Å². The summed E-state index contributed by atoms with van der Waals surface area (Å²) in [5, 5.41) is 0. The Hall–Kier alpha value is -3.07. The van der Waals surface area contributed by atoms with E-state index in [2.05, 4.69) is 12.1 Å². The van der Waals surface area contributed by atoms with E-state index in [0.717, 1.165) is 28.1 Å². The molecular weight excluding hydrogens is 310 g/mol. The molecule has 1 atom stereocenters.